The lowest BCUT2D eigenvalue weighted by Crippen LogP contribution is -2.26. The van der Waals surface area contributed by atoms with Gasteiger partial charge < -0.3 is 0 Å². The Morgan fingerprint density at radius 2 is 1.13 bits per heavy atom. The van der Waals surface area contributed by atoms with Gasteiger partial charge in [-0.3, -0.25) is 4.98 Å². The molecule has 45 heavy (non-hydrogen) atoms. The van der Waals surface area contributed by atoms with Gasteiger partial charge >= 0.3 is 0 Å². The first kappa shape index (κ1) is 32.1. The number of pyridine rings is 2. The van der Waals surface area contributed by atoms with Gasteiger partial charge in [0.1, 0.15) is 23.3 Å². The Hall–Kier alpha value is -4.32. The monoisotopic (exact) mass is 610 g/mol. The van der Waals surface area contributed by atoms with Crippen LogP contribution >= 0.6 is 0 Å². The summed E-state index contributed by atoms with van der Waals surface area (Å²) in [6.07, 6.45) is 1.72. The van der Waals surface area contributed by atoms with E-state index < -0.39 is 39.5 Å². The number of hydrogen-bond donors (Lipinski definition) is 0. The van der Waals surface area contributed by atoms with Crippen molar-refractivity contribution in [2.45, 2.75) is 71.6 Å². The van der Waals surface area contributed by atoms with E-state index in [1.165, 1.54) is 18.2 Å². The van der Waals surface area contributed by atoms with Crippen LogP contribution in [-0.4, -0.2) is 9.97 Å². The first-order valence-corrected chi connectivity index (χ1v) is 15.0. The first-order valence-electron chi connectivity index (χ1n) is 15.0. The topological polar surface area (TPSA) is 25.8 Å². The molecular formula is C39H38F4N2. The van der Waals surface area contributed by atoms with Crippen LogP contribution in [0.4, 0.5) is 17.6 Å². The van der Waals surface area contributed by atoms with Crippen molar-refractivity contribution in [2.75, 3.05) is 0 Å². The summed E-state index contributed by atoms with van der Waals surface area (Å²) in [7, 11) is 0. The highest BCUT2D eigenvalue weighted by Crippen LogP contribution is 2.43. The SMILES string of the molecule is CC(C)(C)c1c(F)ccc(-c2cccc(-c3cc(C(C)(C)c4cccc(-c5ccccn5)c4)c(F)c(C(C)(C)C)c3F)n2)c1F. The molecule has 0 aliphatic heterocycles. The second-order valence-corrected chi connectivity index (χ2v) is 14.1. The minimum atomic E-state index is -0.889. The van der Waals surface area contributed by atoms with Crippen LogP contribution in [0.5, 0.6) is 0 Å². The molecule has 0 saturated carbocycles. The van der Waals surface area contributed by atoms with Crippen LogP contribution in [0, 0.1) is 23.3 Å². The quantitative estimate of drug-likeness (QED) is 0.185. The Kier molecular flexibility index (Phi) is 8.24. The van der Waals surface area contributed by atoms with Crippen LogP contribution in [0.25, 0.3) is 33.8 Å². The molecule has 2 aromatic heterocycles. The number of nitrogens with zero attached hydrogens (tertiary/aromatic N) is 2. The van der Waals surface area contributed by atoms with Crippen molar-refractivity contribution in [3.05, 3.63) is 131 Å². The zero-order valence-electron chi connectivity index (χ0n) is 27.0. The van der Waals surface area contributed by atoms with Crippen LogP contribution in [-0.2, 0) is 16.2 Å². The third-order valence-electron chi connectivity index (χ3n) is 8.31. The molecule has 0 atom stereocenters. The molecule has 0 bridgehead atoms. The second kappa shape index (κ2) is 11.6. The number of aromatic nitrogens is 2. The maximum Gasteiger partial charge on any atom is 0.139 e. The predicted molar refractivity (Wildman–Crippen MR) is 174 cm³/mol. The zero-order chi connectivity index (χ0) is 32.9. The molecular weight excluding hydrogens is 572 g/mol. The van der Waals surface area contributed by atoms with Gasteiger partial charge in [-0.05, 0) is 70.5 Å². The maximum atomic E-state index is 16.6. The molecule has 232 valence electrons. The Morgan fingerprint density at radius 3 is 1.76 bits per heavy atom. The van der Waals surface area contributed by atoms with E-state index in [4.69, 9.17) is 0 Å². The van der Waals surface area contributed by atoms with Gasteiger partial charge in [-0.25, -0.2) is 22.5 Å². The molecule has 0 N–H and O–H groups in total. The van der Waals surface area contributed by atoms with Crippen LogP contribution in [0.3, 0.4) is 0 Å². The molecule has 2 nitrogen and oxygen atoms in total. The summed E-state index contributed by atoms with van der Waals surface area (Å²) in [4.78, 5) is 9.11. The summed E-state index contributed by atoms with van der Waals surface area (Å²) in [5.41, 5.74) is 0.776. The lowest BCUT2D eigenvalue weighted by Gasteiger charge is -2.31. The molecule has 5 aromatic rings. The fourth-order valence-electron chi connectivity index (χ4n) is 5.87. The van der Waals surface area contributed by atoms with E-state index in [-0.39, 0.29) is 33.6 Å². The Bertz CT molecular complexity index is 1880. The van der Waals surface area contributed by atoms with E-state index in [9.17, 15) is 4.39 Å². The van der Waals surface area contributed by atoms with E-state index >= 15 is 13.2 Å². The van der Waals surface area contributed by atoms with E-state index in [2.05, 4.69) is 9.97 Å². The molecule has 0 radical (unpaired) electrons. The molecule has 0 aliphatic rings. The van der Waals surface area contributed by atoms with Crippen molar-refractivity contribution < 1.29 is 17.6 Å². The highest BCUT2D eigenvalue weighted by atomic mass is 19.1. The molecule has 2 heterocycles. The molecule has 6 heteroatoms. The summed E-state index contributed by atoms with van der Waals surface area (Å²) in [6.45, 7) is 14.3. The molecule has 0 unspecified atom stereocenters. The number of rotatable bonds is 5. The van der Waals surface area contributed by atoms with Crippen LogP contribution < -0.4 is 0 Å². The number of halogens is 4. The van der Waals surface area contributed by atoms with Crippen molar-refractivity contribution in [3.63, 3.8) is 0 Å². The van der Waals surface area contributed by atoms with Gasteiger partial charge in [0.25, 0.3) is 0 Å². The minimum absolute atomic E-state index is 0.0489. The third kappa shape index (κ3) is 6.03. The predicted octanol–water partition coefficient (Wildman–Crippen LogP) is 11.0. The Balaban J connectivity index is 1.71. The van der Waals surface area contributed by atoms with Crippen LogP contribution in [0.15, 0.2) is 85.1 Å². The highest BCUT2D eigenvalue weighted by Gasteiger charge is 2.35. The highest BCUT2D eigenvalue weighted by molar-refractivity contribution is 5.70. The summed E-state index contributed by atoms with van der Waals surface area (Å²) in [6, 6.07) is 22.4. The van der Waals surface area contributed by atoms with E-state index in [0.717, 1.165) is 16.8 Å². The van der Waals surface area contributed by atoms with Gasteiger partial charge in [-0.2, -0.15) is 0 Å². The van der Waals surface area contributed by atoms with E-state index in [1.807, 2.05) is 56.3 Å². The minimum Gasteiger partial charge on any atom is -0.256 e. The van der Waals surface area contributed by atoms with Crippen molar-refractivity contribution in [1.82, 2.24) is 9.97 Å². The fraction of sp³-hybridized carbons (Fsp3) is 0.282. The fourth-order valence-corrected chi connectivity index (χ4v) is 5.87. The number of hydrogen-bond acceptors (Lipinski definition) is 2. The molecule has 0 saturated heterocycles. The molecule has 0 spiro atoms. The molecule has 3 aromatic carbocycles. The lowest BCUT2D eigenvalue weighted by atomic mass is 9.73. The van der Waals surface area contributed by atoms with E-state index in [1.54, 1.807) is 65.9 Å². The van der Waals surface area contributed by atoms with Crippen LogP contribution in [0.2, 0.25) is 0 Å². The lowest BCUT2D eigenvalue weighted by molar-refractivity contribution is 0.458. The van der Waals surface area contributed by atoms with Gasteiger partial charge in [0, 0.05) is 39.4 Å². The third-order valence-corrected chi connectivity index (χ3v) is 8.31. The second-order valence-electron chi connectivity index (χ2n) is 14.1. The molecule has 0 fully saturated rings. The number of benzene rings is 3. The maximum absolute atomic E-state index is 16.6. The summed E-state index contributed by atoms with van der Waals surface area (Å²) >= 11 is 0. The largest absolute Gasteiger partial charge is 0.256 e. The van der Waals surface area contributed by atoms with E-state index in [0.29, 0.717) is 5.56 Å². The first-order chi connectivity index (χ1) is 21.0. The summed E-state index contributed by atoms with van der Waals surface area (Å²) in [5, 5.41) is 0. The van der Waals surface area contributed by atoms with Crippen molar-refractivity contribution >= 4 is 0 Å². The Morgan fingerprint density at radius 1 is 0.533 bits per heavy atom. The Labute approximate surface area is 263 Å². The van der Waals surface area contributed by atoms with Gasteiger partial charge in [-0.15, -0.1) is 0 Å². The summed E-state index contributed by atoms with van der Waals surface area (Å²) in [5.74, 6) is -2.69. The van der Waals surface area contributed by atoms with Crippen molar-refractivity contribution in [2.24, 2.45) is 0 Å². The average molecular weight is 611 g/mol. The van der Waals surface area contributed by atoms with Crippen LogP contribution in [0.1, 0.15) is 77.6 Å². The molecule has 0 aliphatic carbocycles. The molecule has 5 rings (SSSR count). The van der Waals surface area contributed by atoms with Gasteiger partial charge in [-0.1, -0.05) is 85.7 Å². The van der Waals surface area contributed by atoms with Gasteiger partial charge in [0.2, 0.25) is 0 Å². The summed E-state index contributed by atoms with van der Waals surface area (Å²) < 4.78 is 63.5. The normalized spacial score (nSPS) is 12.4. The van der Waals surface area contributed by atoms with Crippen molar-refractivity contribution in [1.29, 1.82) is 0 Å². The zero-order valence-corrected chi connectivity index (χ0v) is 27.0. The molecule has 0 amide bonds. The smallest absolute Gasteiger partial charge is 0.139 e. The van der Waals surface area contributed by atoms with Gasteiger partial charge in [0.05, 0.1) is 17.1 Å². The van der Waals surface area contributed by atoms with Crippen molar-refractivity contribution in [3.8, 4) is 33.8 Å². The van der Waals surface area contributed by atoms with Gasteiger partial charge in [0.15, 0.2) is 0 Å². The standard InChI is InChI=1S/C39H38F4N2/c1-37(2,3)32-28(40)19-18-25(34(32)41)30-16-12-17-31(45-30)26-22-27(36(43)33(35(26)42)38(4,5)6)39(7,8)24-14-11-13-23(21-24)29-15-9-10-20-44-29/h9-22H,1-8H3. The average Bonchev–Trinajstić information content (AvgIpc) is 2.96.